The summed E-state index contributed by atoms with van der Waals surface area (Å²) in [6.45, 7) is 4.76. The van der Waals surface area contributed by atoms with Gasteiger partial charge in [-0.25, -0.2) is 14.8 Å². The number of likely N-dealkylation sites (tertiary alicyclic amines) is 1. The molecule has 4 heterocycles. The molecule has 0 aliphatic carbocycles. The summed E-state index contributed by atoms with van der Waals surface area (Å²) in [6.07, 6.45) is 5.26. The van der Waals surface area contributed by atoms with E-state index in [4.69, 9.17) is 10.2 Å². The van der Waals surface area contributed by atoms with Gasteiger partial charge in [-0.05, 0) is 56.8 Å². The smallest absolute Gasteiger partial charge is 0.349 e. The van der Waals surface area contributed by atoms with Gasteiger partial charge >= 0.3 is 5.63 Å². The molecular weight excluding hydrogens is 370 g/mol. The molecule has 1 unspecified atom stereocenters. The van der Waals surface area contributed by atoms with E-state index in [1.54, 1.807) is 11.1 Å². The fraction of sp³-hybridized carbons (Fsp3) is 0.524. The highest BCUT2D eigenvalue weighted by Crippen LogP contribution is 2.28. The van der Waals surface area contributed by atoms with Crippen molar-refractivity contribution in [2.24, 2.45) is 0 Å². The fourth-order valence-corrected chi connectivity index (χ4v) is 4.34. The Morgan fingerprint density at radius 1 is 1.28 bits per heavy atom. The molecule has 4 rings (SSSR count). The number of piperidine rings is 2. The molecule has 154 valence electrons. The van der Waals surface area contributed by atoms with Crippen molar-refractivity contribution in [1.82, 2.24) is 20.2 Å². The number of hydrogen-bond donors (Lipinski definition) is 2. The predicted octanol–water partition coefficient (Wildman–Crippen LogP) is 1.81. The molecule has 8 heteroatoms. The Balaban J connectivity index is 1.46. The summed E-state index contributed by atoms with van der Waals surface area (Å²) in [6, 6.07) is 3.73. The van der Waals surface area contributed by atoms with Gasteiger partial charge in [0.2, 0.25) is 5.95 Å². The van der Waals surface area contributed by atoms with Crippen LogP contribution in [0.2, 0.25) is 0 Å². The van der Waals surface area contributed by atoms with Crippen LogP contribution in [0.3, 0.4) is 0 Å². The number of anilines is 1. The van der Waals surface area contributed by atoms with E-state index in [0.717, 1.165) is 44.5 Å². The standard InChI is InChI=1S/C21H27N5O3/c1-13-11-17(15-3-2-7-23-12-15)29-20(28)18(13)19(27)26-9-5-14(6-10-26)16-4-8-24-21(22)25-16/h4,8,11,14-15,23H,2-3,5-7,9-10,12H2,1H3,(H2,22,24,25). The Hall–Kier alpha value is -2.74. The van der Waals surface area contributed by atoms with Crippen molar-refractivity contribution in [1.29, 1.82) is 0 Å². The van der Waals surface area contributed by atoms with Gasteiger partial charge in [-0.3, -0.25) is 4.79 Å². The Morgan fingerprint density at radius 2 is 2.07 bits per heavy atom. The van der Waals surface area contributed by atoms with Crippen molar-refractivity contribution < 1.29 is 9.21 Å². The first-order chi connectivity index (χ1) is 14.0. The van der Waals surface area contributed by atoms with Gasteiger partial charge in [-0.1, -0.05) is 0 Å². The van der Waals surface area contributed by atoms with Crippen LogP contribution in [-0.4, -0.2) is 47.0 Å². The zero-order valence-corrected chi connectivity index (χ0v) is 16.7. The molecule has 3 N–H and O–H groups in total. The monoisotopic (exact) mass is 397 g/mol. The largest absolute Gasteiger partial charge is 0.427 e. The number of hydrogen-bond acceptors (Lipinski definition) is 7. The topological polar surface area (TPSA) is 114 Å². The van der Waals surface area contributed by atoms with Gasteiger partial charge in [0.25, 0.3) is 5.91 Å². The molecule has 0 aromatic carbocycles. The van der Waals surface area contributed by atoms with Crippen molar-refractivity contribution >= 4 is 11.9 Å². The summed E-state index contributed by atoms with van der Waals surface area (Å²) in [4.78, 5) is 35.6. The van der Waals surface area contributed by atoms with Crippen molar-refractivity contribution in [3.05, 3.63) is 51.3 Å². The van der Waals surface area contributed by atoms with Crippen molar-refractivity contribution in [2.45, 2.75) is 44.4 Å². The van der Waals surface area contributed by atoms with Gasteiger partial charge in [0.15, 0.2) is 0 Å². The first-order valence-corrected chi connectivity index (χ1v) is 10.3. The lowest BCUT2D eigenvalue weighted by Crippen LogP contribution is -2.40. The van der Waals surface area contributed by atoms with Crippen LogP contribution < -0.4 is 16.7 Å². The second-order valence-corrected chi connectivity index (χ2v) is 7.94. The Morgan fingerprint density at radius 3 is 2.72 bits per heavy atom. The Kier molecular flexibility index (Phi) is 5.62. The summed E-state index contributed by atoms with van der Waals surface area (Å²) < 4.78 is 5.57. The third-order valence-electron chi connectivity index (χ3n) is 5.98. The summed E-state index contributed by atoms with van der Waals surface area (Å²) in [7, 11) is 0. The van der Waals surface area contributed by atoms with E-state index in [2.05, 4.69) is 15.3 Å². The zero-order chi connectivity index (χ0) is 20.4. The number of carbonyl (C=O) groups is 1. The van der Waals surface area contributed by atoms with Gasteiger partial charge in [0.05, 0.1) is 0 Å². The average Bonchev–Trinajstić information content (AvgIpc) is 2.74. The lowest BCUT2D eigenvalue weighted by atomic mass is 9.92. The molecule has 1 amide bonds. The minimum Gasteiger partial charge on any atom is -0.427 e. The van der Waals surface area contributed by atoms with Crippen LogP contribution in [0.4, 0.5) is 5.95 Å². The molecule has 2 aliphatic rings. The number of nitrogens with two attached hydrogens (primary N) is 1. The molecular formula is C21H27N5O3. The second-order valence-electron chi connectivity index (χ2n) is 7.94. The molecule has 2 fully saturated rings. The number of aromatic nitrogens is 2. The summed E-state index contributed by atoms with van der Waals surface area (Å²) >= 11 is 0. The van der Waals surface area contributed by atoms with Crippen molar-refractivity contribution in [3.8, 4) is 0 Å². The third-order valence-corrected chi connectivity index (χ3v) is 5.98. The van der Waals surface area contributed by atoms with Gasteiger partial charge in [0, 0.05) is 43.4 Å². The summed E-state index contributed by atoms with van der Waals surface area (Å²) in [5, 5.41) is 3.33. The molecule has 0 saturated carbocycles. The second kappa shape index (κ2) is 8.32. The minimum atomic E-state index is -0.527. The van der Waals surface area contributed by atoms with Crippen molar-refractivity contribution in [3.63, 3.8) is 0 Å². The maximum absolute atomic E-state index is 13.0. The molecule has 29 heavy (non-hydrogen) atoms. The van der Waals surface area contributed by atoms with Gasteiger partial charge in [-0.2, -0.15) is 0 Å². The van der Waals surface area contributed by atoms with E-state index in [0.29, 0.717) is 24.4 Å². The van der Waals surface area contributed by atoms with Crippen LogP contribution in [-0.2, 0) is 0 Å². The Bertz CT molecular complexity index is 944. The lowest BCUT2D eigenvalue weighted by Gasteiger charge is -2.32. The normalized spacial score (nSPS) is 20.6. The van der Waals surface area contributed by atoms with E-state index < -0.39 is 5.63 Å². The molecule has 0 radical (unpaired) electrons. The number of rotatable bonds is 3. The number of carbonyl (C=O) groups excluding carboxylic acids is 1. The van der Waals surface area contributed by atoms with E-state index in [1.807, 2.05) is 19.1 Å². The van der Waals surface area contributed by atoms with Crippen LogP contribution >= 0.6 is 0 Å². The molecule has 2 aromatic heterocycles. The summed E-state index contributed by atoms with van der Waals surface area (Å²) in [5.41, 5.74) is 6.91. The number of amides is 1. The van der Waals surface area contributed by atoms with Crippen LogP contribution in [0.5, 0.6) is 0 Å². The number of aryl methyl sites for hydroxylation is 1. The van der Waals surface area contributed by atoms with E-state index in [-0.39, 0.29) is 29.3 Å². The quantitative estimate of drug-likeness (QED) is 0.812. The predicted molar refractivity (Wildman–Crippen MR) is 109 cm³/mol. The molecule has 1 atom stereocenters. The molecule has 8 nitrogen and oxygen atoms in total. The van der Waals surface area contributed by atoms with Crippen LogP contribution in [0, 0.1) is 6.92 Å². The zero-order valence-electron chi connectivity index (χ0n) is 16.7. The third kappa shape index (κ3) is 4.17. The minimum absolute atomic E-state index is 0.155. The average molecular weight is 397 g/mol. The SMILES string of the molecule is Cc1cc(C2CCCNC2)oc(=O)c1C(=O)N1CCC(c2ccnc(N)n2)CC1. The van der Waals surface area contributed by atoms with Gasteiger partial charge in [-0.15, -0.1) is 0 Å². The maximum atomic E-state index is 13.0. The lowest BCUT2D eigenvalue weighted by molar-refractivity contribution is 0.0706. The van der Waals surface area contributed by atoms with Crippen LogP contribution in [0.25, 0.3) is 0 Å². The highest BCUT2D eigenvalue weighted by atomic mass is 16.4. The first kappa shape index (κ1) is 19.6. The molecule has 2 aromatic rings. The van der Waals surface area contributed by atoms with Gasteiger partial charge < -0.3 is 20.4 Å². The fourth-order valence-electron chi connectivity index (χ4n) is 4.34. The Labute approximate surface area is 169 Å². The maximum Gasteiger partial charge on any atom is 0.349 e. The van der Waals surface area contributed by atoms with Crippen molar-refractivity contribution in [2.75, 3.05) is 31.9 Å². The van der Waals surface area contributed by atoms with E-state index in [1.165, 1.54) is 0 Å². The van der Waals surface area contributed by atoms with E-state index in [9.17, 15) is 9.59 Å². The highest BCUT2D eigenvalue weighted by Gasteiger charge is 2.29. The van der Waals surface area contributed by atoms with Gasteiger partial charge in [0.1, 0.15) is 11.3 Å². The molecule has 2 saturated heterocycles. The molecule has 0 spiro atoms. The van der Waals surface area contributed by atoms with E-state index >= 15 is 0 Å². The number of nitrogens with zero attached hydrogens (tertiary/aromatic N) is 3. The number of nitrogens with one attached hydrogen (secondary N) is 1. The molecule has 0 bridgehead atoms. The first-order valence-electron chi connectivity index (χ1n) is 10.3. The highest BCUT2D eigenvalue weighted by molar-refractivity contribution is 5.95. The summed E-state index contributed by atoms with van der Waals surface area (Å²) in [5.74, 6) is 1.13. The number of nitrogen functional groups attached to an aromatic ring is 1. The van der Waals surface area contributed by atoms with Crippen LogP contribution in [0.15, 0.2) is 27.5 Å². The molecule has 2 aliphatic heterocycles. The van der Waals surface area contributed by atoms with Crippen LogP contribution in [0.1, 0.15) is 64.9 Å².